The minimum Gasteiger partial charge on any atom is -0.507 e. The number of benzene rings is 3. The fourth-order valence-corrected chi connectivity index (χ4v) is 6.60. The van der Waals surface area contributed by atoms with Crippen LogP contribution in [0.1, 0.15) is 157 Å². The van der Waals surface area contributed by atoms with Gasteiger partial charge in [-0.2, -0.15) is 0 Å². The topological polar surface area (TPSA) is 81.7 Å². The number of hydrogen-bond acceptors (Lipinski definition) is 5. The molecule has 10 heteroatoms. The number of nitrogens with zero attached hydrogens (tertiary/aromatic N) is 1. The van der Waals surface area contributed by atoms with E-state index in [-0.39, 0.29) is 41.8 Å². The van der Waals surface area contributed by atoms with Crippen molar-refractivity contribution in [2.75, 3.05) is 32.7 Å². The summed E-state index contributed by atoms with van der Waals surface area (Å²) < 4.78 is 54.0. The molecule has 2 fully saturated rings. The molecule has 0 atom stereocenters. The highest BCUT2D eigenvalue weighted by molar-refractivity contribution is 6.14. The number of rotatable bonds is 8. The number of aromatic hydroxyl groups is 1. The van der Waals surface area contributed by atoms with Crippen molar-refractivity contribution in [1.82, 2.24) is 15.5 Å². The van der Waals surface area contributed by atoms with Crippen molar-refractivity contribution in [3.8, 4) is 5.75 Å². The maximum atomic E-state index is 13.7. The highest BCUT2D eigenvalue weighted by Crippen LogP contribution is 2.39. The molecule has 1 saturated heterocycles. The lowest BCUT2D eigenvalue weighted by Crippen LogP contribution is -2.40. The van der Waals surface area contributed by atoms with E-state index in [1.807, 2.05) is 55.4 Å². The van der Waals surface area contributed by atoms with Crippen molar-refractivity contribution < 1.29 is 32.3 Å². The van der Waals surface area contributed by atoms with Gasteiger partial charge >= 0.3 is 0 Å². The Morgan fingerprint density at radius 1 is 0.726 bits per heavy atom. The molecule has 3 aromatic carbocycles. The smallest absolute Gasteiger partial charge is 0.221 e. The van der Waals surface area contributed by atoms with Gasteiger partial charge in [0.2, 0.25) is 5.91 Å². The summed E-state index contributed by atoms with van der Waals surface area (Å²) in [6.07, 6.45) is 6.38. The fourth-order valence-electron chi connectivity index (χ4n) is 6.60. The van der Waals surface area contributed by atoms with Gasteiger partial charge in [-0.15, -0.1) is 0 Å². The van der Waals surface area contributed by atoms with Crippen LogP contribution < -0.4 is 10.6 Å². The maximum Gasteiger partial charge on any atom is 0.221 e. The van der Waals surface area contributed by atoms with E-state index in [0.29, 0.717) is 34.6 Å². The molecule has 3 aromatic rings. The number of Topliss-reactive ketones (excluding diaryl/α,β-unsaturated/α-hetero) is 1. The van der Waals surface area contributed by atoms with Crippen molar-refractivity contribution in [3.63, 3.8) is 0 Å². The molecule has 3 N–H and O–H groups in total. The van der Waals surface area contributed by atoms with Gasteiger partial charge in [0.1, 0.15) is 5.75 Å². The van der Waals surface area contributed by atoms with E-state index in [1.165, 1.54) is 55.8 Å². The zero-order chi connectivity index (χ0) is 47.8. The summed E-state index contributed by atoms with van der Waals surface area (Å²) in [4.78, 5) is 27.9. The van der Waals surface area contributed by atoms with Crippen LogP contribution in [0.4, 0.5) is 17.6 Å². The van der Waals surface area contributed by atoms with Gasteiger partial charge in [-0.05, 0) is 128 Å². The normalized spacial score (nSPS) is 16.0. The van der Waals surface area contributed by atoms with Gasteiger partial charge in [-0.25, -0.2) is 17.6 Å². The molecule has 1 aliphatic carbocycles. The molecule has 0 bridgehead atoms. The second-order valence-electron chi connectivity index (χ2n) is 16.6. The van der Waals surface area contributed by atoms with Crippen LogP contribution in [0, 0.1) is 30.2 Å². The van der Waals surface area contributed by atoms with Gasteiger partial charge in [0.25, 0.3) is 0 Å². The molecule has 0 unspecified atom stereocenters. The zero-order valence-electron chi connectivity index (χ0n) is 40.6. The third-order valence-electron chi connectivity index (χ3n) is 9.83. The number of carbonyl (C=O) groups is 2. The highest BCUT2D eigenvalue weighted by Gasteiger charge is 2.29. The van der Waals surface area contributed by atoms with Crippen LogP contribution in [0.2, 0.25) is 0 Å². The number of ketones is 1. The van der Waals surface area contributed by atoms with E-state index in [1.54, 1.807) is 0 Å². The zero-order valence-corrected chi connectivity index (χ0v) is 40.6. The molecule has 6 nitrogen and oxygen atoms in total. The predicted molar refractivity (Wildman–Crippen MR) is 254 cm³/mol. The first kappa shape index (κ1) is 57.7. The van der Waals surface area contributed by atoms with Crippen LogP contribution in [0.5, 0.6) is 5.75 Å². The summed E-state index contributed by atoms with van der Waals surface area (Å²) in [7, 11) is 0. The molecule has 1 aliphatic heterocycles. The van der Waals surface area contributed by atoms with E-state index < -0.39 is 29.3 Å². The van der Waals surface area contributed by atoms with Gasteiger partial charge < -0.3 is 20.6 Å². The molecule has 62 heavy (non-hydrogen) atoms. The monoisotopic (exact) mass is 870 g/mol. The lowest BCUT2D eigenvalue weighted by Gasteiger charge is -2.27. The van der Waals surface area contributed by atoms with Gasteiger partial charge in [0.15, 0.2) is 29.1 Å². The molecule has 1 amide bonds. The largest absolute Gasteiger partial charge is 0.507 e. The molecule has 5 rings (SSSR count). The van der Waals surface area contributed by atoms with Crippen LogP contribution in [-0.2, 0) is 20.4 Å². The summed E-state index contributed by atoms with van der Waals surface area (Å²) in [6.45, 7) is 35.7. The Balaban J connectivity index is 0.00000113. The fraction of sp³-hybridized carbons (Fsp3) is 0.538. The number of carbonyl (C=O) groups excluding carboxylic acids is 2. The molecular weight excluding hydrogens is 791 g/mol. The number of amides is 1. The van der Waals surface area contributed by atoms with Crippen molar-refractivity contribution in [1.29, 1.82) is 0 Å². The van der Waals surface area contributed by atoms with Gasteiger partial charge in [-0.3, -0.25) is 9.59 Å². The molecule has 0 spiro atoms. The van der Waals surface area contributed by atoms with Crippen LogP contribution in [-0.4, -0.2) is 60.5 Å². The van der Waals surface area contributed by atoms with E-state index >= 15 is 0 Å². The lowest BCUT2D eigenvalue weighted by atomic mass is 9.78. The Bertz CT molecular complexity index is 1750. The van der Waals surface area contributed by atoms with E-state index in [4.69, 9.17) is 0 Å². The average Bonchev–Trinajstić information content (AvgIpc) is 3.83. The Morgan fingerprint density at radius 2 is 1.13 bits per heavy atom. The van der Waals surface area contributed by atoms with Crippen molar-refractivity contribution in [2.24, 2.45) is 0 Å². The molecule has 0 aromatic heterocycles. The Labute approximate surface area is 372 Å². The molecule has 2 aliphatic rings. The maximum absolute atomic E-state index is 13.7. The Hall–Kier alpha value is -4.28. The van der Waals surface area contributed by atoms with Crippen LogP contribution in [0.15, 0.2) is 59.7 Å². The van der Waals surface area contributed by atoms with E-state index in [2.05, 4.69) is 76.1 Å². The van der Waals surface area contributed by atoms with Crippen molar-refractivity contribution in [3.05, 3.63) is 111 Å². The molecule has 348 valence electrons. The number of halogens is 4. The predicted octanol–water partition coefficient (Wildman–Crippen LogP) is 13.0. The molecular formula is C52H79F4N3O3. The number of nitrogens with one attached hydrogen (secondary N) is 2. The summed E-state index contributed by atoms with van der Waals surface area (Å²) >= 11 is 0. The van der Waals surface area contributed by atoms with E-state index in [0.717, 1.165) is 48.5 Å². The minimum absolute atomic E-state index is 0.0178. The standard InChI is InChI=1S/C27H28F4N2O2.C15H24O.C4H9N.3C2H6/c1-3-33(4-2)10-9-26(34)32-21-15-19(11-17-5-7-22(28)24(30)13-17)27(35)20(16-21)12-18-6-8-23(29)25(31)14-18;1-10-8-11(14(2,3)4)13(16)12(9-10)15(5,6)7;1-2-4-5-3-1;3*1-2/h5-8,11-14,21H,3-4,9-10,15-16H2,1-2H3,(H,32,34);8-9,16H,1-7H3;5H,1-4H2;3*1-2H3/b19-11+,20-12+;;;;;. The Morgan fingerprint density at radius 3 is 1.45 bits per heavy atom. The first-order valence-electron chi connectivity index (χ1n) is 22.7. The SMILES string of the molecule is C1CCNC1.CC.CC.CC.CCN(CC)CCC(=O)NC1C/C(=C\c2ccc(F)c(F)c2)C(=O)/C(=C/c2ccc(F)c(F)c2)C1.Cc1cc(C(C)(C)C)c(O)c(C(C)(C)C)c1. The van der Waals surface area contributed by atoms with Crippen molar-refractivity contribution >= 4 is 23.8 Å². The summed E-state index contributed by atoms with van der Waals surface area (Å²) in [5.74, 6) is -4.14. The summed E-state index contributed by atoms with van der Waals surface area (Å²) in [5.41, 5.74) is 4.45. The van der Waals surface area contributed by atoms with Crippen molar-refractivity contribution in [2.45, 2.75) is 153 Å². The summed E-state index contributed by atoms with van der Waals surface area (Å²) in [6, 6.07) is 10.4. The summed E-state index contributed by atoms with van der Waals surface area (Å²) in [5, 5.41) is 16.6. The van der Waals surface area contributed by atoms with Crippen LogP contribution in [0.3, 0.4) is 0 Å². The van der Waals surface area contributed by atoms with Crippen LogP contribution >= 0.6 is 0 Å². The molecule has 0 radical (unpaired) electrons. The first-order chi connectivity index (χ1) is 29.2. The second kappa shape index (κ2) is 29.2. The van der Waals surface area contributed by atoms with Gasteiger partial charge in [0, 0.05) is 30.2 Å². The third kappa shape index (κ3) is 19.8. The number of hydrogen-bond donors (Lipinski definition) is 3. The highest BCUT2D eigenvalue weighted by atomic mass is 19.2. The van der Waals surface area contributed by atoms with Crippen LogP contribution in [0.25, 0.3) is 12.2 Å². The number of aryl methyl sites for hydroxylation is 1. The van der Waals surface area contributed by atoms with E-state index in [9.17, 15) is 32.3 Å². The quantitative estimate of drug-likeness (QED) is 0.155. The number of phenols is 1. The lowest BCUT2D eigenvalue weighted by molar-refractivity contribution is -0.122. The minimum atomic E-state index is -1.04. The molecule has 1 heterocycles. The third-order valence-corrected chi connectivity index (χ3v) is 9.83. The number of phenolic OH excluding ortho intramolecular Hbond substituents is 1. The second-order valence-corrected chi connectivity index (χ2v) is 16.6. The van der Waals surface area contributed by atoms with Gasteiger partial charge in [0.05, 0.1) is 0 Å². The first-order valence-corrected chi connectivity index (χ1v) is 22.7. The Kier molecular flexibility index (Phi) is 27.1. The molecule has 1 saturated carbocycles. The average molecular weight is 870 g/mol. The van der Waals surface area contributed by atoms with Gasteiger partial charge in [-0.1, -0.05) is 127 Å².